The number of thiophene rings is 1. The van der Waals surface area contributed by atoms with Gasteiger partial charge in [-0.2, -0.15) is 4.31 Å². The Kier molecular flexibility index (Phi) is 7.26. The van der Waals surface area contributed by atoms with E-state index in [2.05, 4.69) is 20.5 Å². The minimum absolute atomic E-state index is 0.107. The van der Waals surface area contributed by atoms with E-state index in [0.29, 0.717) is 49.1 Å². The Morgan fingerprint density at radius 2 is 2.12 bits per heavy atom. The predicted octanol–water partition coefficient (Wildman–Crippen LogP) is 2.52. The minimum Gasteiger partial charge on any atom is -0.379 e. The van der Waals surface area contributed by atoms with Gasteiger partial charge in [0.1, 0.15) is 5.82 Å². The van der Waals surface area contributed by atoms with Crippen LogP contribution in [0.2, 0.25) is 0 Å². The Bertz CT molecular complexity index is 1170. The number of hydrogen-bond acceptors (Lipinski definition) is 8. The van der Waals surface area contributed by atoms with Crippen molar-refractivity contribution in [3.8, 4) is 0 Å². The zero-order valence-electron chi connectivity index (χ0n) is 17.4. The van der Waals surface area contributed by atoms with Crippen LogP contribution >= 0.6 is 23.1 Å². The number of nitrogens with one attached hydrogen (secondary N) is 2. The quantitative estimate of drug-likeness (QED) is 0.463. The van der Waals surface area contributed by atoms with Crippen molar-refractivity contribution in [3.63, 3.8) is 0 Å². The van der Waals surface area contributed by atoms with E-state index in [1.807, 2.05) is 17.5 Å². The summed E-state index contributed by atoms with van der Waals surface area (Å²) in [5.74, 6) is 0.584. The number of nitrogens with zero attached hydrogens (tertiary/aromatic N) is 3. The van der Waals surface area contributed by atoms with Crippen LogP contribution < -0.4 is 5.32 Å². The average molecular weight is 494 g/mol. The summed E-state index contributed by atoms with van der Waals surface area (Å²) in [6.07, 6.45) is 0.668. The molecule has 0 aliphatic carbocycles. The maximum absolute atomic E-state index is 13.0. The zero-order valence-corrected chi connectivity index (χ0v) is 19.9. The Balaban J connectivity index is 1.36. The summed E-state index contributed by atoms with van der Waals surface area (Å²) in [4.78, 5) is 18.2. The number of amides is 1. The number of aromatic amines is 1. The van der Waals surface area contributed by atoms with Gasteiger partial charge in [-0.15, -0.1) is 16.4 Å². The molecule has 3 heterocycles. The van der Waals surface area contributed by atoms with E-state index < -0.39 is 10.0 Å². The molecule has 32 heavy (non-hydrogen) atoms. The summed E-state index contributed by atoms with van der Waals surface area (Å²) in [6, 6.07) is 8.92. The van der Waals surface area contributed by atoms with Crippen molar-refractivity contribution in [3.05, 3.63) is 52.0 Å². The second-order valence-electron chi connectivity index (χ2n) is 7.15. The molecule has 2 aromatic heterocycles. The van der Waals surface area contributed by atoms with Crippen molar-refractivity contribution in [1.82, 2.24) is 19.5 Å². The van der Waals surface area contributed by atoms with E-state index >= 15 is 0 Å². The number of rotatable bonds is 8. The smallest absolute Gasteiger partial charge is 0.243 e. The van der Waals surface area contributed by atoms with E-state index in [1.54, 1.807) is 30.4 Å². The van der Waals surface area contributed by atoms with Gasteiger partial charge in [0, 0.05) is 30.1 Å². The number of benzene rings is 1. The molecule has 170 valence electrons. The first-order chi connectivity index (χ1) is 15.4. The number of thioether (sulfide) groups is 1. The highest BCUT2D eigenvalue weighted by Gasteiger charge is 2.28. The van der Waals surface area contributed by atoms with Gasteiger partial charge in [0.05, 0.1) is 23.9 Å². The standard InChI is InChI=1S/C20H23N5O4S3/c1-14-4-5-15(11-17(14)32(27,28)25-6-8-29-9-7-25)21-19(26)13-31-20-22-18(23-24-20)12-16-3-2-10-30-16/h2-5,10-11H,6-9,12-13H2,1H3,(H,21,26)(H,22,23,24). The SMILES string of the molecule is Cc1ccc(NC(=O)CSc2n[nH]c(Cc3cccs3)n2)cc1S(=O)(=O)N1CCOCC1. The van der Waals surface area contributed by atoms with Crippen LogP contribution in [0, 0.1) is 6.92 Å². The molecule has 1 aromatic carbocycles. The van der Waals surface area contributed by atoms with Crippen LogP contribution in [0.3, 0.4) is 0 Å². The van der Waals surface area contributed by atoms with E-state index in [1.165, 1.54) is 27.0 Å². The minimum atomic E-state index is -3.65. The van der Waals surface area contributed by atoms with Crippen LogP contribution in [0.25, 0.3) is 0 Å². The van der Waals surface area contributed by atoms with Crippen LogP contribution in [0.15, 0.2) is 45.8 Å². The molecule has 0 unspecified atom stereocenters. The summed E-state index contributed by atoms with van der Waals surface area (Å²) in [5.41, 5.74) is 1.06. The van der Waals surface area contributed by atoms with Crippen molar-refractivity contribution in [2.24, 2.45) is 0 Å². The van der Waals surface area contributed by atoms with Crippen LogP contribution in [0.1, 0.15) is 16.3 Å². The van der Waals surface area contributed by atoms with Crippen LogP contribution in [-0.4, -0.2) is 65.9 Å². The Morgan fingerprint density at radius 3 is 2.88 bits per heavy atom. The van der Waals surface area contributed by atoms with Crippen molar-refractivity contribution in [2.45, 2.75) is 23.4 Å². The van der Waals surface area contributed by atoms with E-state index in [9.17, 15) is 13.2 Å². The molecule has 0 bridgehead atoms. The van der Waals surface area contributed by atoms with Gasteiger partial charge in [-0.05, 0) is 36.1 Å². The molecule has 1 fully saturated rings. The number of anilines is 1. The molecule has 1 saturated heterocycles. The van der Waals surface area contributed by atoms with Gasteiger partial charge in [0.15, 0.2) is 0 Å². The fourth-order valence-electron chi connectivity index (χ4n) is 3.21. The molecule has 0 spiro atoms. The highest BCUT2D eigenvalue weighted by Crippen LogP contribution is 2.25. The zero-order chi connectivity index (χ0) is 22.6. The largest absolute Gasteiger partial charge is 0.379 e. The Hall–Kier alpha value is -2.25. The number of ether oxygens (including phenoxy) is 1. The predicted molar refractivity (Wildman–Crippen MR) is 124 cm³/mol. The highest BCUT2D eigenvalue weighted by atomic mass is 32.2. The summed E-state index contributed by atoms with van der Waals surface area (Å²) in [5, 5.41) is 12.3. The molecule has 0 saturated carbocycles. The number of H-pyrrole nitrogens is 1. The number of hydrogen-bond donors (Lipinski definition) is 2. The normalized spacial score (nSPS) is 15.0. The second-order valence-corrected chi connectivity index (χ2v) is 11.0. The van der Waals surface area contributed by atoms with Gasteiger partial charge in [-0.25, -0.2) is 13.4 Å². The average Bonchev–Trinajstić information content (AvgIpc) is 3.47. The first-order valence-corrected chi connectivity index (χ1v) is 13.3. The van der Waals surface area contributed by atoms with Crippen molar-refractivity contribution in [1.29, 1.82) is 0 Å². The van der Waals surface area contributed by atoms with Gasteiger partial charge >= 0.3 is 0 Å². The van der Waals surface area contributed by atoms with Gasteiger partial charge < -0.3 is 10.1 Å². The number of carbonyl (C=O) groups is 1. The number of morpholine rings is 1. The summed E-state index contributed by atoms with van der Waals surface area (Å²) < 4.78 is 32.7. The van der Waals surface area contributed by atoms with Crippen molar-refractivity contribution < 1.29 is 17.9 Å². The van der Waals surface area contributed by atoms with Gasteiger partial charge in [-0.3, -0.25) is 9.89 Å². The molecule has 3 aromatic rings. The van der Waals surface area contributed by atoms with Crippen LogP contribution in [0.4, 0.5) is 5.69 Å². The first-order valence-electron chi connectivity index (χ1n) is 9.97. The van der Waals surface area contributed by atoms with E-state index in [4.69, 9.17) is 4.74 Å². The summed E-state index contributed by atoms with van der Waals surface area (Å²) in [7, 11) is -3.65. The lowest BCUT2D eigenvalue weighted by Crippen LogP contribution is -2.40. The van der Waals surface area contributed by atoms with E-state index in [0.717, 1.165) is 5.82 Å². The molecule has 4 rings (SSSR count). The summed E-state index contributed by atoms with van der Waals surface area (Å²) >= 11 is 2.86. The van der Waals surface area contributed by atoms with Crippen molar-refractivity contribution in [2.75, 3.05) is 37.4 Å². The Labute approximate surface area is 194 Å². The first kappa shape index (κ1) is 22.9. The van der Waals surface area contributed by atoms with Gasteiger partial charge in [-0.1, -0.05) is 23.9 Å². The maximum atomic E-state index is 13.0. The maximum Gasteiger partial charge on any atom is 0.243 e. The lowest BCUT2D eigenvalue weighted by molar-refractivity contribution is -0.113. The van der Waals surface area contributed by atoms with Crippen molar-refractivity contribution >= 4 is 44.7 Å². The molecule has 1 aliphatic heterocycles. The second kappa shape index (κ2) is 10.1. The lowest BCUT2D eigenvalue weighted by Gasteiger charge is -2.26. The molecule has 1 amide bonds. The van der Waals surface area contributed by atoms with Gasteiger partial charge in [0.2, 0.25) is 21.1 Å². The highest BCUT2D eigenvalue weighted by molar-refractivity contribution is 7.99. The number of aromatic nitrogens is 3. The number of aryl methyl sites for hydroxylation is 1. The van der Waals surface area contributed by atoms with Crippen LogP contribution in [0.5, 0.6) is 0 Å². The number of sulfonamides is 1. The third-order valence-electron chi connectivity index (χ3n) is 4.83. The third-order valence-corrected chi connectivity index (χ3v) is 8.59. The molecule has 2 N–H and O–H groups in total. The molecule has 0 atom stereocenters. The molecule has 0 radical (unpaired) electrons. The fraction of sp³-hybridized carbons (Fsp3) is 0.350. The molecule has 12 heteroatoms. The summed E-state index contributed by atoms with van der Waals surface area (Å²) in [6.45, 7) is 3.14. The molecular weight excluding hydrogens is 470 g/mol. The fourth-order valence-corrected chi connectivity index (χ4v) is 6.19. The van der Waals surface area contributed by atoms with E-state index in [-0.39, 0.29) is 16.6 Å². The topological polar surface area (TPSA) is 117 Å². The molecule has 9 nitrogen and oxygen atoms in total. The number of carbonyl (C=O) groups excluding carboxylic acids is 1. The third kappa shape index (κ3) is 5.56. The monoisotopic (exact) mass is 493 g/mol. The van der Waals surface area contributed by atoms with Crippen LogP contribution in [-0.2, 0) is 26.0 Å². The Morgan fingerprint density at radius 1 is 1.31 bits per heavy atom. The van der Waals surface area contributed by atoms with Gasteiger partial charge in [0.25, 0.3) is 0 Å². The molecular formula is C20H23N5O4S3. The molecule has 1 aliphatic rings. The lowest BCUT2D eigenvalue weighted by atomic mass is 10.2.